The van der Waals surface area contributed by atoms with Crippen LogP contribution in [-0.4, -0.2) is 84.3 Å². The fraction of sp³-hybridized carbons (Fsp3) is 0.525. The molecule has 0 radical (unpaired) electrons. The molecule has 2 aromatic carbocycles. The van der Waals surface area contributed by atoms with Gasteiger partial charge in [-0.2, -0.15) is 0 Å². The second-order valence-corrected chi connectivity index (χ2v) is 17.9. The maximum Gasteiger partial charge on any atom is 0.286 e. The van der Waals surface area contributed by atoms with E-state index in [0.29, 0.717) is 24.8 Å². The van der Waals surface area contributed by atoms with Crippen LogP contribution in [0.3, 0.4) is 0 Å². The minimum absolute atomic E-state index is 0.0578. The molecular weight excluding hydrogens is 730 g/mol. The number of benzene rings is 2. The number of rotatable bonds is 5. The maximum atomic E-state index is 14.9. The number of nitrogens with zero attached hydrogens (tertiary/aromatic N) is 4. The lowest BCUT2D eigenvalue weighted by atomic mass is 9.68. The summed E-state index contributed by atoms with van der Waals surface area (Å²) in [4.78, 5) is 30.3. The summed E-state index contributed by atoms with van der Waals surface area (Å²) in [5.74, 6) is -0.803. The SMILES string of the molecule is COc1nn(C)cc1C(=O)NS1(=O)=NC(=O)c2ccc3c(c2)N(C[C@@H]2CC[C@H]2[C@@H](OC)/C=C/[C@@](C)(OC)[C@H](C)C1)C[C@@]1(CCCc2cc(Cl)ccc21)CO3. The van der Waals surface area contributed by atoms with Crippen molar-refractivity contribution in [3.05, 3.63) is 82.0 Å². The summed E-state index contributed by atoms with van der Waals surface area (Å²) in [6.45, 7) is 5.65. The van der Waals surface area contributed by atoms with Gasteiger partial charge in [0.15, 0.2) is 0 Å². The summed E-state index contributed by atoms with van der Waals surface area (Å²) in [5, 5.41) is 4.89. The normalized spacial score (nSPS) is 31.5. The van der Waals surface area contributed by atoms with E-state index >= 15 is 0 Å². The van der Waals surface area contributed by atoms with Crippen molar-refractivity contribution in [3.63, 3.8) is 0 Å². The minimum atomic E-state index is -3.75. The number of anilines is 1. The first kappa shape index (κ1) is 38.4. The molecule has 12 nitrogen and oxygen atoms in total. The van der Waals surface area contributed by atoms with Gasteiger partial charge in [0.05, 0.1) is 36.9 Å². The Labute approximate surface area is 322 Å². The highest BCUT2D eigenvalue weighted by atomic mass is 35.5. The van der Waals surface area contributed by atoms with Crippen molar-refractivity contribution in [1.82, 2.24) is 14.5 Å². The number of aromatic nitrogens is 2. The molecule has 290 valence electrons. The number of ether oxygens (including phenoxy) is 4. The lowest BCUT2D eigenvalue weighted by Crippen LogP contribution is -2.49. The third-order valence-electron chi connectivity index (χ3n) is 12.1. The summed E-state index contributed by atoms with van der Waals surface area (Å²) in [6.07, 6.45) is 10.2. The smallest absolute Gasteiger partial charge is 0.286 e. The number of nitrogens with one attached hydrogen (secondary N) is 1. The topological polar surface area (TPSA) is 134 Å². The van der Waals surface area contributed by atoms with E-state index < -0.39 is 33.2 Å². The molecule has 1 N–H and O–H groups in total. The molecule has 2 bridgehead atoms. The zero-order valence-corrected chi connectivity index (χ0v) is 33.4. The van der Waals surface area contributed by atoms with E-state index in [2.05, 4.69) is 31.2 Å². The molecule has 1 unspecified atom stereocenters. The lowest BCUT2D eigenvalue weighted by molar-refractivity contribution is -0.0000283. The third kappa shape index (κ3) is 7.27. The fourth-order valence-corrected chi connectivity index (χ4v) is 10.8. The molecule has 14 heteroatoms. The van der Waals surface area contributed by atoms with E-state index in [1.165, 1.54) is 29.1 Å². The van der Waals surface area contributed by atoms with Crippen LogP contribution in [0.4, 0.5) is 5.69 Å². The van der Waals surface area contributed by atoms with Gasteiger partial charge in [0.1, 0.15) is 21.2 Å². The van der Waals surface area contributed by atoms with Crippen molar-refractivity contribution >= 4 is 39.0 Å². The van der Waals surface area contributed by atoms with Crippen LogP contribution < -0.4 is 19.1 Å². The quantitative estimate of drug-likeness (QED) is 0.303. The lowest BCUT2D eigenvalue weighted by Gasteiger charge is -2.46. The van der Waals surface area contributed by atoms with Crippen LogP contribution >= 0.6 is 11.6 Å². The predicted molar refractivity (Wildman–Crippen MR) is 208 cm³/mol. The molecule has 1 spiro atoms. The van der Waals surface area contributed by atoms with Gasteiger partial charge in [-0.15, -0.1) is 9.46 Å². The molecule has 1 aromatic heterocycles. The fourth-order valence-electron chi connectivity index (χ4n) is 8.67. The van der Waals surface area contributed by atoms with E-state index in [1.807, 2.05) is 38.1 Å². The summed E-state index contributed by atoms with van der Waals surface area (Å²) in [5.41, 5.74) is 2.35. The Morgan fingerprint density at radius 1 is 1.15 bits per heavy atom. The standard InChI is InChI=1S/C40H50ClN5O7S/c1-25-22-54(49,44-37(48)31-21-45(3)42-38(31)51-5)43-36(47)27-10-14-35-33(19-27)46(20-28-9-12-30(28)34(50-4)15-17-39(25,2)52-6)23-40(24-53-35)16-7-8-26-18-29(41)11-13-32(26)40/h10-11,13-15,17-19,21,25,28,30,34H,7-9,12,16,20,22-24H2,1-6H3,(H,43,44,47,48,49)/b17-15+/t25-,28+,30-,34+,39-,40+,54?/m1/s1. The largest absolute Gasteiger partial charge is 0.490 e. The Hall–Kier alpha value is -3.91. The molecule has 3 heterocycles. The summed E-state index contributed by atoms with van der Waals surface area (Å²) >= 11 is 6.47. The van der Waals surface area contributed by atoms with Gasteiger partial charge >= 0.3 is 0 Å². The van der Waals surface area contributed by atoms with Crippen LogP contribution in [0.1, 0.15) is 71.4 Å². The molecule has 1 saturated carbocycles. The predicted octanol–water partition coefficient (Wildman–Crippen LogP) is 6.16. The Morgan fingerprint density at radius 2 is 1.96 bits per heavy atom. The van der Waals surface area contributed by atoms with Crippen LogP contribution in [0.25, 0.3) is 0 Å². The van der Waals surface area contributed by atoms with E-state index in [0.717, 1.165) is 49.4 Å². The molecule has 54 heavy (non-hydrogen) atoms. The van der Waals surface area contributed by atoms with Crippen molar-refractivity contribution in [2.24, 2.45) is 29.2 Å². The number of hydrogen-bond acceptors (Lipinski definition) is 9. The first-order valence-electron chi connectivity index (χ1n) is 18.6. The van der Waals surface area contributed by atoms with Crippen molar-refractivity contribution in [3.8, 4) is 11.6 Å². The molecular formula is C40H50ClN5O7S. The zero-order chi connectivity index (χ0) is 38.4. The first-order valence-corrected chi connectivity index (χ1v) is 20.6. The van der Waals surface area contributed by atoms with Gasteiger partial charge in [-0.1, -0.05) is 36.7 Å². The number of carbonyl (C=O) groups excluding carboxylic acids is 2. The van der Waals surface area contributed by atoms with Crippen LogP contribution in [0.2, 0.25) is 5.02 Å². The summed E-state index contributed by atoms with van der Waals surface area (Å²) < 4.78 is 47.4. The van der Waals surface area contributed by atoms with Gasteiger partial charge in [0.2, 0.25) is 5.88 Å². The van der Waals surface area contributed by atoms with Gasteiger partial charge in [-0.05, 0) is 92.3 Å². The second kappa shape index (κ2) is 15.0. The van der Waals surface area contributed by atoms with Gasteiger partial charge < -0.3 is 23.8 Å². The third-order valence-corrected chi connectivity index (χ3v) is 14.3. The molecule has 0 saturated heterocycles. The van der Waals surface area contributed by atoms with E-state index in [9.17, 15) is 13.8 Å². The molecule has 7 atom stereocenters. The number of methoxy groups -OCH3 is 3. The van der Waals surface area contributed by atoms with Crippen molar-refractivity contribution in [2.75, 3.05) is 51.7 Å². The van der Waals surface area contributed by atoms with Crippen molar-refractivity contribution < 1.29 is 32.7 Å². The van der Waals surface area contributed by atoms with Crippen LogP contribution in [-0.2, 0) is 38.3 Å². The van der Waals surface area contributed by atoms with E-state index in [4.69, 9.17) is 30.5 Å². The van der Waals surface area contributed by atoms with Crippen LogP contribution in [0.15, 0.2) is 59.1 Å². The van der Waals surface area contributed by atoms with Crippen molar-refractivity contribution in [1.29, 1.82) is 0 Å². The van der Waals surface area contributed by atoms with Crippen molar-refractivity contribution in [2.45, 2.75) is 63.1 Å². The maximum absolute atomic E-state index is 14.9. The average Bonchev–Trinajstić information content (AvgIpc) is 3.46. The molecule has 2 amide bonds. The molecule has 2 aliphatic carbocycles. The average molecular weight is 780 g/mol. The highest BCUT2D eigenvalue weighted by Gasteiger charge is 2.45. The molecule has 1 fully saturated rings. The number of hydrogen-bond donors (Lipinski definition) is 1. The highest BCUT2D eigenvalue weighted by molar-refractivity contribution is 7.92. The number of aryl methyl sites for hydroxylation is 2. The Bertz CT molecular complexity index is 2100. The minimum Gasteiger partial charge on any atom is -0.490 e. The Balaban J connectivity index is 1.34. The molecule has 7 rings (SSSR count). The zero-order valence-electron chi connectivity index (χ0n) is 31.8. The summed E-state index contributed by atoms with van der Waals surface area (Å²) in [6, 6.07) is 11.5. The second-order valence-electron chi connectivity index (χ2n) is 15.5. The Kier molecular flexibility index (Phi) is 10.6. The molecule has 3 aromatic rings. The van der Waals surface area contributed by atoms with E-state index in [1.54, 1.807) is 33.4 Å². The van der Waals surface area contributed by atoms with Crippen LogP contribution in [0, 0.1) is 17.8 Å². The molecule has 2 aliphatic heterocycles. The number of fused-ring (bicyclic) bond motifs is 4. The first-order chi connectivity index (χ1) is 25.8. The highest BCUT2D eigenvalue weighted by Crippen LogP contribution is 2.47. The monoisotopic (exact) mass is 779 g/mol. The Morgan fingerprint density at radius 3 is 2.69 bits per heavy atom. The number of carbonyl (C=O) groups is 2. The van der Waals surface area contributed by atoms with Gasteiger partial charge in [0.25, 0.3) is 11.8 Å². The van der Waals surface area contributed by atoms with Gasteiger partial charge in [-0.3, -0.25) is 19.0 Å². The number of amides is 2. The van der Waals surface area contributed by atoms with Gasteiger partial charge in [0, 0.05) is 62.5 Å². The molecule has 4 aliphatic rings. The van der Waals surface area contributed by atoms with E-state index in [-0.39, 0.29) is 40.2 Å². The van der Waals surface area contributed by atoms with Gasteiger partial charge in [-0.25, -0.2) is 4.21 Å². The number of halogens is 1. The summed E-state index contributed by atoms with van der Waals surface area (Å²) in [7, 11) is 2.61. The van der Waals surface area contributed by atoms with Crippen LogP contribution in [0.5, 0.6) is 11.6 Å².